The number of hydrogen-bond acceptors (Lipinski definition) is 5. The molecular formula is C20H24N4O3S. The first-order chi connectivity index (χ1) is 13.5. The van der Waals surface area contributed by atoms with Gasteiger partial charge in [-0.15, -0.1) is 0 Å². The van der Waals surface area contributed by atoms with Crippen molar-refractivity contribution in [1.82, 2.24) is 19.9 Å². The van der Waals surface area contributed by atoms with E-state index in [-0.39, 0.29) is 11.4 Å². The van der Waals surface area contributed by atoms with Crippen LogP contribution in [0.2, 0.25) is 0 Å². The molecule has 0 aliphatic rings. The van der Waals surface area contributed by atoms with E-state index in [0.717, 1.165) is 29.7 Å². The third-order valence-corrected chi connectivity index (χ3v) is 5.78. The Morgan fingerprint density at radius 1 is 1.04 bits per heavy atom. The van der Waals surface area contributed by atoms with Crippen LogP contribution in [0.5, 0.6) is 5.75 Å². The standard InChI is InChI=1S/C20H24N4O3S/c1-3-4-15-5-11-18(12-6-15)28(25,26)21-14-13-19-22-20(24-23-19)16-7-9-17(27-2)10-8-16/h5-12,21H,3-4,13-14H2,1-2H3,(H,22,23,24). The van der Waals surface area contributed by atoms with Crippen LogP contribution >= 0.6 is 0 Å². The van der Waals surface area contributed by atoms with Crippen LogP contribution in [-0.4, -0.2) is 37.3 Å². The maximum absolute atomic E-state index is 12.4. The minimum Gasteiger partial charge on any atom is -0.497 e. The number of nitrogens with zero attached hydrogens (tertiary/aromatic N) is 2. The Labute approximate surface area is 165 Å². The number of sulfonamides is 1. The molecule has 0 saturated carbocycles. The van der Waals surface area contributed by atoms with E-state index in [9.17, 15) is 8.42 Å². The molecule has 0 radical (unpaired) electrons. The van der Waals surface area contributed by atoms with Crippen LogP contribution in [-0.2, 0) is 22.9 Å². The molecule has 0 unspecified atom stereocenters. The van der Waals surface area contributed by atoms with Crippen molar-refractivity contribution in [2.24, 2.45) is 0 Å². The van der Waals surface area contributed by atoms with Crippen LogP contribution in [0.25, 0.3) is 11.4 Å². The summed E-state index contributed by atoms with van der Waals surface area (Å²) in [6, 6.07) is 14.4. The van der Waals surface area contributed by atoms with Crippen molar-refractivity contribution in [3.63, 3.8) is 0 Å². The van der Waals surface area contributed by atoms with Gasteiger partial charge in [-0.05, 0) is 48.4 Å². The fraction of sp³-hybridized carbons (Fsp3) is 0.300. The Kier molecular flexibility index (Phi) is 6.43. The van der Waals surface area contributed by atoms with Gasteiger partial charge in [0.25, 0.3) is 0 Å². The van der Waals surface area contributed by atoms with E-state index in [1.54, 1.807) is 19.2 Å². The predicted octanol–water partition coefficient (Wildman–Crippen LogP) is 2.95. The van der Waals surface area contributed by atoms with Gasteiger partial charge in [-0.25, -0.2) is 18.1 Å². The average Bonchev–Trinajstić information content (AvgIpc) is 3.17. The molecule has 2 aromatic carbocycles. The van der Waals surface area contributed by atoms with E-state index in [4.69, 9.17) is 4.74 Å². The van der Waals surface area contributed by atoms with Gasteiger partial charge in [0.15, 0.2) is 5.82 Å². The van der Waals surface area contributed by atoms with Crippen LogP contribution in [0, 0.1) is 0 Å². The monoisotopic (exact) mass is 400 g/mol. The van der Waals surface area contributed by atoms with E-state index in [2.05, 4.69) is 26.8 Å². The van der Waals surface area contributed by atoms with Crippen molar-refractivity contribution >= 4 is 10.0 Å². The summed E-state index contributed by atoms with van der Waals surface area (Å²) in [6.07, 6.45) is 2.38. The summed E-state index contributed by atoms with van der Waals surface area (Å²) in [4.78, 5) is 4.69. The summed E-state index contributed by atoms with van der Waals surface area (Å²) in [6.45, 7) is 2.33. The highest BCUT2D eigenvalue weighted by atomic mass is 32.2. The number of H-pyrrole nitrogens is 1. The highest BCUT2D eigenvalue weighted by Crippen LogP contribution is 2.19. The van der Waals surface area contributed by atoms with Crippen molar-refractivity contribution in [2.75, 3.05) is 13.7 Å². The summed E-state index contributed by atoms with van der Waals surface area (Å²) < 4.78 is 32.6. The molecule has 0 aliphatic heterocycles. The minimum absolute atomic E-state index is 0.232. The Morgan fingerprint density at radius 2 is 1.75 bits per heavy atom. The summed E-state index contributed by atoms with van der Waals surface area (Å²) >= 11 is 0. The quantitative estimate of drug-likeness (QED) is 0.576. The van der Waals surface area contributed by atoms with Crippen LogP contribution in [0.3, 0.4) is 0 Å². The van der Waals surface area contributed by atoms with Gasteiger partial charge in [-0.2, -0.15) is 5.10 Å². The third-order valence-electron chi connectivity index (χ3n) is 4.31. The second-order valence-electron chi connectivity index (χ2n) is 6.38. The topological polar surface area (TPSA) is 97.0 Å². The first kappa shape index (κ1) is 20.0. The second kappa shape index (κ2) is 8.99. The number of rotatable bonds is 9. The van der Waals surface area contributed by atoms with Crippen molar-refractivity contribution < 1.29 is 13.2 Å². The summed E-state index contributed by atoms with van der Waals surface area (Å²) in [7, 11) is -1.93. The third kappa shape index (κ3) is 4.96. The van der Waals surface area contributed by atoms with Gasteiger partial charge in [0.1, 0.15) is 11.6 Å². The van der Waals surface area contributed by atoms with Crippen molar-refractivity contribution in [1.29, 1.82) is 0 Å². The number of hydrogen-bond donors (Lipinski definition) is 2. The lowest BCUT2D eigenvalue weighted by atomic mass is 10.1. The number of benzene rings is 2. The molecule has 1 heterocycles. The molecule has 28 heavy (non-hydrogen) atoms. The maximum Gasteiger partial charge on any atom is 0.240 e. The Hall–Kier alpha value is -2.71. The molecule has 0 bridgehead atoms. The molecule has 3 rings (SSSR count). The fourth-order valence-electron chi connectivity index (χ4n) is 2.79. The lowest BCUT2D eigenvalue weighted by Crippen LogP contribution is -2.26. The van der Waals surface area contributed by atoms with Crippen LogP contribution in [0.4, 0.5) is 0 Å². The summed E-state index contributed by atoms with van der Waals surface area (Å²) in [5.74, 6) is 1.94. The van der Waals surface area contributed by atoms with Crippen molar-refractivity contribution in [3.05, 3.63) is 59.9 Å². The van der Waals surface area contributed by atoms with E-state index in [0.29, 0.717) is 18.1 Å². The Bertz CT molecular complexity index is 997. The van der Waals surface area contributed by atoms with Crippen molar-refractivity contribution in [2.45, 2.75) is 31.1 Å². The van der Waals surface area contributed by atoms with E-state index in [1.165, 1.54) is 0 Å². The van der Waals surface area contributed by atoms with Gasteiger partial charge < -0.3 is 4.74 Å². The van der Waals surface area contributed by atoms with Crippen LogP contribution in [0.15, 0.2) is 53.4 Å². The number of aryl methyl sites for hydroxylation is 1. The zero-order valence-electron chi connectivity index (χ0n) is 16.0. The fourth-order valence-corrected chi connectivity index (χ4v) is 3.82. The molecule has 0 aliphatic carbocycles. The minimum atomic E-state index is -3.54. The van der Waals surface area contributed by atoms with Crippen LogP contribution in [0.1, 0.15) is 24.7 Å². The first-order valence-electron chi connectivity index (χ1n) is 9.16. The number of methoxy groups -OCH3 is 1. The zero-order chi connectivity index (χ0) is 20.0. The molecule has 0 amide bonds. The molecule has 3 aromatic rings. The number of aromatic amines is 1. The number of ether oxygens (including phenoxy) is 1. The van der Waals surface area contributed by atoms with Gasteiger partial charge >= 0.3 is 0 Å². The molecule has 0 saturated heterocycles. The lowest BCUT2D eigenvalue weighted by molar-refractivity contribution is 0.415. The maximum atomic E-state index is 12.4. The molecule has 1 aromatic heterocycles. The molecular weight excluding hydrogens is 376 g/mol. The smallest absolute Gasteiger partial charge is 0.240 e. The average molecular weight is 401 g/mol. The largest absolute Gasteiger partial charge is 0.497 e. The first-order valence-corrected chi connectivity index (χ1v) is 10.6. The molecule has 0 spiro atoms. The van der Waals surface area contributed by atoms with Gasteiger partial charge in [0.2, 0.25) is 10.0 Å². The molecule has 0 fully saturated rings. The van der Waals surface area contributed by atoms with Gasteiger partial charge in [-0.3, -0.25) is 5.10 Å². The van der Waals surface area contributed by atoms with E-state index in [1.807, 2.05) is 36.4 Å². The highest BCUT2D eigenvalue weighted by molar-refractivity contribution is 7.89. The van der Waals surface area contributed by atoms with E-state index >= 15 is 0 Å². The SMILES string of the molecule is CCCc1ccc(S(=O)(=O)NCCc2nc(-c3ccc(OC)cc3)n[nH]2)cc1. The van der Waals surface area contributed by atoms with E-state index < -0.39 is 10.0 Å². The predicted molar refractivity (Wildman–Crippen MR) is 108 cm³/mol. The zero-order valence-corrected chi connectivity index (χ0v) is 16.8. The summed E-state index contributed by atoms with van der Waals surface area (Å²) in [5.41, 5.74) is 1.99. The van der Waals surface area contributed by atoms with Gasteiger partial charge in [0.05, 0.1) is 12.0 Å². The Morgan fingerprint density at radius 3 is 2.39 bits per heavy atom. The van der Waals surface area contributed by atoms with Crippen LogP contribution < -0.4 is 9.46 Å². The molecule has 0 atom stereocenters. The van der Waals surface area contributed by atoms with Gasteiger partial charge in [-0.1, -0.05) is 25.5 Å². The molecule has 8 heteroatoms. The van der Waals surface area contributed by atoms with Gasteiger partial charge in [0, 0.05) is 18.5 Å². The molecule has 7 nitrogen and oxygen atoms in total. The summed E-state index contributed by atoms with van der Waals surface area (Å²) in [5, 5.41) is 7.04. The molecule has 2 N–H and O–H groups in total. The number of nitrogens with one attached hydrogen (secondary N) is 2. The molecule has 148 valence electrons. The van der Waals surface area contributed by atoms with Crippen molar-refractivity contribution in [3.8, 4) is 17.1 Å². The normalized spacial score (nSPS) is 11.5. The Balaban J connectivity index is 1.57. The number of aromatic nitrogens is 3. The highest BCUT2D eigenvalue weighted by Gasteiger charge is 2.14. The second-order valence-corrected chi connectivity index (χ2v) is 8.14. The lowest BCUT2D eigenvalue weighted by Gasteiger charge is -2.07.